The molecule has 0 heterocycles. The molecule has 0 spiro atoms. The monoisotopic (exact) mass is 286 g/mol. The van der Waals surface area contributed by atoms with Gasteiger partial charge >= 0.3 is 0 Å². The molecule has 1 aromatic carbocycles. The van der Waals surface area contributed by atoms with Crippen molar-refractivity contribution in [1.29, 1.82) is 0 Å². The Bertz CT molecular complexity index is 355. The molecule has 2 N–H and O–H groups in total. The minimum Gasteiger partial charge on any atom is -0.383 e. The maximum atomic E-state index is 11.6. The molecule has 5 heteroatoms. The molecule has 0 aliphatic rings. The van der Waals surface area contributed by atoms with Crippen LogP contribution < -0.4 is 10.6 Å². The Morgan fingerprint density at radius 3 is 2.47 bits per heavy atom. The van der Waals surface area contributed by atoms with E-state index < -0.39 is 0 Å². The number of hydrogen-bond acceptors (Lipinski definition) is 3. The lowest BCUT2D eigenvalue weighted by molar-refractivity contribution is -0.120. The molecule has 1 rings (SSSR count). The third-order valence-electron chi connectivity index (χ3n) is 2.59. The van der Waals surface area contributed by atoms with Crippen LogP contribution >= 0.6 is 12.4 Å². The summed E-state index contributed by atoms with van der Waals surface area (Å²) >= 11 is 0. The minimum atomic E-state index is 0. The predicted molar refractivity (Wildman–Crippen MR) is 79.9 cm³/mol. The van der Waals surface area contributed by atoms with E-state index in [1.165, 1.54) is 5.56 Å². The molecule has 1 aromatic rings. The number of carbonyl (C=O) groups excluding carboxylic acids is 1. The number of hydrogen-bond donors (Lipinski definition) is 2. The van der Waals surface area contributed by atoms with Crippen molar-refractivity contribution in [2.24, 2.45) is 0 Å². The zero-order valence-electron chi connectivity index (χ0n) is 11.6. The average Bonchev–Trinajstić information content (AvgIpc) is 2.36. The highest BCUT2D eigenvalue weighted by atomic mass is 35.5. The summed E-state index contributed by atoms with van der Waals surface area (Å²) in [5.41, 5.74) is 2.26. The van der Waals surface area contributed by atoms with Crippen molar-refractivity contribution < 1.29 is 9.53 Å². The molecule has 0 unspecified atom stereocenters. The second kappa shape index (κ2) is 10.8. The van der Waals surface area contributed by atoms with Crippen LogP contribution in [0.3, 0.4) is 0 Å². The fourth-order valence-electron chi connectivity index (χ4n) is 1.54. The van der Waals surface area contributed by atoms with Crippen molar-refractivity contribution in [3.63, 3.8) is 0 Å². The molecular weight excluding hydrogens is 264 g/mol. The van der Waals surface area contributed by atoms with Gasteiger partial charge in [0.2, 0.25) is 5.91 Å². The number of amides is 1. The molecule has 0 saturated carbocycles. The average molecular weight is 287 g/mol. The SMILES string of the molecule is COCCNCCNC(=O)Cc1ccc(C)cc1.Cl. The van der Waals surface area contributed by atoms with Crippen molar-refractivity contribution in [2.75, 3.05) is 33.4 Å². The van der Waals surface area contributed by atoms with Crippen molar-refractivity contribution in [3.8, 4) is 0 Å². The van der Waals surface area contributed by atoms with Gasteiger partial charge in [-0.1, -0.05) is 29.8 Å². The van der Waals surface area contributed by atoms with Gasteiger partial charge in [-0.15, -0.1) is 12.4 Å². The highest BCUT2D eigenvalue weighted by molar-refractivity contribution is 5.85. The third kappa shape index (κ3) is 8.59. The van der Waals surface area contributed by atoms with Gasteiger partial charge in [-0.3, -0.25) is 4.79 Å². The number of ether oxygens (including phenoxy) is 1. The van der Waals surface area contributed by atoms with Gasteiger partial charge in [-0.25, -0.2) is 0 Å². The molecular formula is C14H23ClN2O2. The summed E-state index contributed by atoms with van der Waals surface area (Å²) in [7, 11) is 1.67. The molecule has 19 heavy (non-hydrogen) atoms. The molecule has 0 fully saturated rings. The van der Waals surface area contributed by atoms with Gasteiger partial charge in [0.1, 0.15) is 0 Å². The fraction of sp³-hybridized carbons (Fsp3) is 0.500. The van der Waals surface area contributed by atoms with E-state index in [1.54, 1.807) is 7.11 Å². The van der Waals surface area contributed by atoms with Crippen LogP contribution in [0.25, 0.3) is 0 Å². The Labute approximate surface area is 121 Å². The van der Waals surface area contributed by atoms with Gasteiger partial charge in [0.15, 0.2) is 0 Å². The van der Waals surface area contributed by atoms with Crippen LogP contribution in [0.15, 0.2) is 24.3 Å². The first-order valence-electron chi connectivity index (χ1n) is 6.24. The summed E-state index contributed by atoms with van der Waals surface area (Å²) in [5.74, 6) is 0.0624. The van der Waals surface area contributed by atoms with Gasteiger partial charge in [0.25, 0.3) is 0 Å². The van der Waals surface area contributed by atoms with Crippen LogP contribution in [-0.4, -0.2) is 39.3 Å². The van der Waals surface area contributed by atoms with Crippen LogP contribution in [-0.2, 0) is 16.0 Å². The van der Waals surface area contributed by atoms with Crippen LogP contribution in [0.1, 0.15) is 11.1 Å². The Hall–Kier alpha value is -1.10. The van der Waals surface area contributed by atoms with E-state index >= 15 is 0 Å². The van der Waals surface area contributed by atoms with E-state index in [0.717, 1.165) is 18.7 Å². The summed E-state index contributed by atoms with van der Waals surface area (Å²) in [6.45, 7) is 4.95. The summed E-state index contributed by atoms with van der Waals surface area (Å²) in [5, 5.41) is 6.05. The first-order chi connectivity index (χ1) is 8.72. The van der Waals surface area contributed by atoms with Crippen molar-refractivity contribution >= 4 is 18.3 Å². The number of rotatable bonds is 8. The molecule has 108 valence electrons. The van der Waals surface area contributed by atoms with Gasteiger partial charge in [-0.05, 0) is 12.5 Å². The molecule has 0 atom stereocenters. The molecule has 1 amide bonds. The van der Waals surface area contributed by atoms with Crippen molar-refractivity contribution in [3.05, 3.63) is 35.4 Å². The summed E-state index contributed by atoms with van der Waals surface area (Å²) < 4.78 is 4.91. The highest BCUT2D eigenvalue weighted by Crippen LogP contribution is 2.03. The Morgan fingerprint density at radius 2 is 1.84 bits per heavy atom. The van der Waals surface area contributed by atoms with Gasteiger partial charge < -0.3 is 15.4 Å². The fourth-order valence-corrected chi connectivity index (χ4v) is 1.54. The minimum absolute atomic E-state index is 0. The van der Waals surface area contributed by atoms with E-state index in [9.17, 15) is 4.79 Å². The third-order valence-corrected chi connectivity index (χ3v) is 2.59. The predicted octanol–water partition coefficient (Wildman–Crippen LogP) is 1.31. The van der Waals surface area contributed by atoms with Crippen molar-refractivity contribution in [1.82, 2.24) is 10.6 Å². The first-order valence-corrected chi connectivity index (χ1v) is 6.24. The highest BCUT2D eigenvalue weighted by Gasteiger charge is 2.01. The van der Waals surface area contributed by atoms with E-state index in [2.05, 4.69) is 10.6 Å². The smallest absolute Gasteiger partial charge is 0.224 e. The van der Waals surface area contributed by atoms with Crippen molar-refractivity contribution in [2.45, 2.75) is 13.3 Å². The molecule has 0 aromatic heterocycles. The molecule has 4 nitrogen and oxygen atoms in total. The quantitative estimate of drug-likeness (QED) is 0.709. The second-order valence-electron chi connectivity index (χ2n) is 4.26. The number of nitrogens with one attached hydrogen (secondary N) is 2. The maximum absolute atomic E-state index is 11.6. The van der Waals surface area contributed by atoms with E-state index in [0.29, 0.717) is 19.6 Å². The standard InChI is InChI=1S/C14H22N2O2.ClH/c1-12-3-5-13(6-4-12)11-14(17)16-8-7-15-9-10-18-2;/h3-6,15H,7-11H2,1-2H3,(H,16,17);1H. The Balaban J connectivity index is 0.00000324. The zero-order valence-corrected chi connectivity index (χ0v) is 12.4. The molecule has 0 aliphatic carbocycles. The molecule has 0 radical (unpaired) electrons. The maximum Gasteiger partial charge on any atom is 0.224 e. The van der Waals surface area contributed by atoms with Gasteiger partial charge in [0.05, 0.1) is 13.0 Å². The van der Waals surface area contributed by atoms with Gasteiger partial charge in [-0.2, -0.15) is 0 Å². The molecule has 0 saturated heterocycles. The number of benzene rings is 1. The number of aryl methyl sites for hydroxylation is 1. The van der Waals surface area contributed by atoms with Crippen LogP contribution in [0, 0.1) is 6.92 Å². The second-order valence-corrected chi connectivity index (χ2v) is 4.26. The molecule has 0 bridgehead atoms. The van der Waals surface area contributed by atoms with E-state index in [-0.39, 0.29) is 18.3 Å². The summed E-state index contributed by atoms with van der Waals surface area (Å²) in [4.78, 5) is 11.6. The zero-order chi connectivity index (χ0) is 13.2. The summed E-state index contributed by atoms with van der Waals surface area (Å²) in [6, 6.07) is 8.03. The van der Waals surface area contributed by atoms with Crippen LogP contribution in [0.2, 0.25) is 0 Å². The lowest BCUT2D eigenvalue weighted by Gasteiger charge is -2.06. The molecule has 0 aliphatic heterocycles. The largest absolute Gasteiger partial charge is 0.383 e. The lowest BCUT2D eigenvalue weighted by Crippen LogP contribution is -2.33. The number of halogens is 1. The van der Waals surface area contributed by atoms with Gasteiger partial charge in [0, 0.05) is 26.7 Å². The Kier molecular flexibility index (Phi) is 10.2. The lowest BCUT2D eigenvalue weighted by atomic mass is 10.1. The first kappa shape index (κ1) is 17.9. The van der Waals surface area contributed by atoms with Crippen LogP contribution in [0.4, 0.5) is 0 Å². The number of carbonyl (C=O) groups is 1. The number of methoxy groups -OCH3 is 1. The van der Waals surface area contributed by atoms with E-state index in [4.69, 9.17) is 4.74 Å². The summed E-state index contributed by atoms with van der Waals surface area (Å²) in [6.07, 6.45) is 0.443. The Morgan fingerprint density at radius 1 is 1.16 bits per heavy atom. The normalized spacial score (nSPS) is 9.79. The van der Waals surface area contributed by atoms with E-state index in [1.807, 2.05) is 31.2 Å². The van der Waals surface area contributed by atoms with Crippen LogP contribution in [0.5, 0.6) is 0 Å². The topological polar surface area (TPSA) is 50.4 Å².